The topological polar surface area (TPSA) is 74.6 Å². The van der Waals surface area contributed by atoms with Crippen LogP contribution in [0.3, 0.4) is 0 Å². The molecular formula is C20H24O4. The van der Waals surface area contributed by atoms with Crippen molar-refractivity contribution in [1.82, 2.24) is 0 Å². The van der Waals surface area contributed by atoms with E-state index >= 15 is 0 Å². The number of carbonyl (C=O) groups is 2. The van der Waals surface area contributed by atoms with Gasteiger partial charge in [-0.3, -0.25) is 0 Å². The summed E-state index contributed by atoms with van der Waals surface area (Å²) >= 11 is 0. The predicted molar refractivity (Wildman–Crippen MR) is 95.7 cm³/mol. The Labute approximate surface area is 142 Å². The summed E-state index contributed by atoms with van der Waals surface area (Å²) in [5.74, 6) is -1.96. The van der Waals surface area contributed by atoms with E-state index in [1.165, 1.54) is 0 Å². The Morgan fingerprint density at radius 1 is 0.958 bits per heavy atom. The Morgan fingerprint density at radius 2 is 1.54 bits per heavy atom. The van der Waals surface area contributed by atoms with Crippen LogP contribution in [0.4, 0.5) is 0 Å². The van der Waals surface area contributed by atoms with E-state index in [0.29, 0.717) is 18.4 Å². The van der Waals surface area contributed by atoms with Crippen LogP contribution in [0.2, 0.25) is 0 Å². The molecule has 0 atom stereocenters. The molecule has 4 heteroatoms. The number of hydrogen-bond acceptors (Lipinski definition) is 2. The number of aliphatic carboxylic acids is 2. The maximum Gasteiger partial charge on any atom is 0.331 e. The van der Waals surface area contributed by atoms with Gasteiger partial charge in [0, 0.05) is 11.1 Å². The van der Waals surface area contributed by atoms with E-state index < -0.39 is 11.9 Å². The zero-order valence-electron chi connectivity index (χ0n) is 14.2. The van der Waals surface area contributed by atoms with Crippen molar-refractivity contribution >= 4 is 18.0 Å². The van der Waals surface area contributed by atoms with Crippen molar-refractivity contribution in [2.75, 3.05) is 0 Å². The molecule has 0 fully saturated rings. The van der Waals surface area contributed by atoms with Crippen LogP contribution < -0.4 is 0 Å². The summed E-state index contributed by atoms with van der Waals surface area (Å²) in [5.41, 5.74) is 2.00. The van der Waals surface area contributed by atoms with E-state index in [2.05, 4.69) is 0 Å². The molecule has 0 heterocycles. The number of benzene rings is 1. The molecule has 0 aliphatic carbocycles. The molecular weight excluding hydrogens is 304 g/mol. The van der Waals surface area contributed by atoms with E-state index in [0.717, 1.165) is 18.4 Å². The molecule has 24 heavy (non-hydrogen) atoms. The first kappa shape index (κ1) is 19.4. The number of carboxylic acid groups (broad SMARTS) is 2. The molecule has 128 valence electrons. The molecule has 0 radical (unpaired) electrons. The van der Waals surface area contributed by atoms with Crippen molar-refractivity contribution in [3.63, 3.8) is 0 Å². The van der Waals surface area contributed by atoms with Crippen molar-refractivity contribution in [3.05, 3.63) is 64.8 Å². The summed E-state index contributed by atoms with van der Waals surface area (Å²) < 4.78 is 0. The van der Waals surface area contributed by atoms with Gasteiger partial charge < -0.3 is 10.2 Å². The minimum atomic E-state index is -0.990. The summed E-state index contributed by atoms with van der Waals surface area (Å²) in [4.78, 5) is 22.7. The molecule has 1 aromatic carbocycles. The third-order valence-corrected chi connectivity index (χ3v) is 3.54. The number of unbranched alkanes of at least 4 members (excludes halogenated alkanes) is 1. The van der Waals surface area contributed by atoms with Gasteiger partial charge in [-0.2, -0.15) is 0 Å². The Balaban J connectivity index is 3.34. The molecule has 0 aromatic heterocycles. The van der Waals surface area contributed by atoms with Gasteiger partial charge in [-0.25, -0.2) is 9.59 Å². The lowest BCUT2D eigenvalue weighted by Crippen LogP contribution is -2.02. The first-order chi connectivity index (χ1) is 11.5. The van der Waals surface area contributed by atoms with Gasteiger partial charge in [-0.1, -0.05) is 50.6 Å². The molecule has 0 bridgehead atoms. The Bertz CT molecular complexity index is 651. The quantitative estimate of drug-likeness (QED) is 0.509. The average Bonchev–Trinajstić information content (AvgIpc) is 2.56. The second-order valence-corrected chi connectivity index (χ2v) is 5.46. The van der Waals surface area contributed by atoms with Gasteiger partial charge in [0.25, 0.3) is 0 Å². The van der Waals surface area contributed by atoms with E-state index in [9.17, 15) is 19.8 Å². The van der Waals surface area contributed by atoms with Gasteiger partial charge in [0.05, 0.1) is 0 Å². The molecule has 2 N–H and O–H groups in total. The molecule has 0 spiro atoms. The van der Waals surface area contributed by atoms with Crippen LogP contribution >= 0.6 is 0 Å². The van der Waals surface area contributed by atoms with E-state index in [-0.39, 0.29) is 11.1 Å². The largest absolute Gasteiger partial charge is 0.478 e. The van der Waals surface area contributed by atoms with Crippen LogP contribution in [0.1, 0.15) is 45.1 Å². The average molecular weight is 328 g/mol. The van der Waals surface area contributed by atoms with Gasteiger partial charge >= 0.3 is 11.9 Å². The first-order valence-electron chi connectivity index (χ1n) is 8.12. The molecule has 1 aromatic rings. The summed E-state index contributed by atoms with van der Waals surface area (Å²) in [6, 6.07) is 9.43. The maximum absolute atomic E-state index is 11.4. The van der Waals surface area contributed by atoms with Gasteiger partial charge in [-0.15, -0.1) is 0 Å². The van der Waals surface area contributed by atoms with Crippen LogP contribution in [0, 0.1) is 0 Å². The molecule has 0 saturated carbocycles. The highest BCUT2D eigenvalue weighted by Crippen LogP contribution is 2.18. The molecule has 0 amide bonds. The summed E-state index contributed by atoms with van der Waals surface area (Å²) in [6.07, 6.45) is 7.42. The SMILES string of the molecule is CCCCC(=CC(=Cc1ccccc1)C=C(CC)C(=O)O)C(=O)O. The third-order valence-electron chi connectivity index (χ3n) is 3.54. The number of carboxylic acids is 2. The fourth-order valence-electron chi connectivity index (χ4n) is 2.19. The van der Waals surface area contributed by atoms with Crippen LogP contribution in [-0.2, 0) is 9.59 Å². The van der Waals surface area contributed by atoms with E-state index in [4.69, 9.17) is 0 Å². The smallest absolute Gasteiger partial charge is 0.331 e. The number of allylic oxidation sites excluding steroid dienone is 3. The predicted octanol–water partition coefficient (Wildman–Crippen LogP) is 4.69. The first-order valence-corrected chi connectivity index (χ1v) is 8.12. The van der Waals surface area contributed by atoms with Crippen LogP contribution in [0.25, 0.3) is 6.08 Å². The second kappa shape index (κ2) is 10.2. The molecule has 1 rings (SSSR count). The fraction of sp³-hybridized carbons (Fsp3) is 0.300. The minimum Gasteiger partial charge on any atom is -0.478 e. The van der Waals surface area contributed by atoms with Crippen molar-refractivity contribution in [2.24, 2.45) is 0 Å². The van der Waals surface area contributed by atoms with Gasteiger partial charge in [0.15, 0.2) is 0 Å². The Hall–Kier alpha value is -2.62. The Kier molecular flexibility index (Phi) is 8.26. The van der Waals surface area contributed by atoms with Crippen LogP contribution in [-0.4, -0.2) is 22.2 Å². The zero-order valence-corrected chi connectivity index (χ0v) is 14.2. The zero-order chi connectivity index (χ0) is 17.9. The normalized spacial score (nSPS) is 13.0. The number of rotatable bonds is 9. The molecule has 0 aliphatic heterocycles. The lowest BCUT2D eigenvalue weighted by atomic mass is 10.0. The Morgan fingerprint density at radius 3 is 2.04 bits per heavy atom. The fourth-order valence-corrected chi connectivity index (χ4v) is 2.19. The molecule has 4 nitrogen and oxygen atoms in total. The van der Waals surface area contributed by atoms with Crippen molar-refractivity contribution in [3.8, 4) is 0 Å². The van der Waals surface area contributed by atoms with E-state index in [1.54, 1.807) is 25.2 Å². The maximum atomic E-state index is 11.4. The minimum absolute atomic E-state index is 0.244. The molecule has 0 aliphatic rings. The second-order valence-electron chi connectivity index (χ2n) is 5.46. The van der Waals surface area contributed by atoms with Crippen LogP contribution in [0.5, 0.6) is 0 Å². The lowest BCUT2D eigenvalue weighted by molar-refractivity contribution is -0.133. The molecule has 0 unspecified atom stereocenters. The summed E-state index contributed by atoms with van der Waals surface area (Å²) in [6.45, 7) is 3.76. The van der Waals surface area contributed by atoms with Gasteiger partial charge in [0.1, 0.15) is 0 Å². The standard InChI is InChI=1S/C20H24O4/c1-3-5-11-18(20(23)24)14-16(13-17(4-2)19(21)22)12-15-9-7-6-8-10-15/h6-10,12-14H,3-5,11H2,1-2H3,(H,21,22)(H,23,24). The van der Waals surface area contributed by atoms with Crippen molar-refractivity contribution < 1.29 is 19.8 Å². The summed E-state index contributed by atoms with van der Waals surface area (Å²) in [7, 11) is 0. The number of hydrogen-bond donors (Lipinski definition) is 2. The van der Waals surface area contributed by atoms with Gasteiger partial charge in [-0.05, 0) is 48.6 Å². The highest BCUT2D eigenvalue weighted by Gasteiger charge is 2.09. The molecule has 0 saturated heterocycles. The van der Waals surface area contributed by atoms with Crippen molar-refractivity contribution in [1.29, 1.82) is 0 Å². The lowest BCUT2D eigenvalue weighted by Gasteiger charge is -2.05. The van der Waals surface area contributed by atoms with Crippen LogP contribution in [0.15, 0.2) is 59.2 Å². The van der Waals surface area contributed by atoms with E-state index in [1.807, 2.05) is 37.3 Å². The third kappa shape index (κ3) is 6.65. The van der Waals surface area contributed by atoms with Crippen molar-refractivity contribution in [2.45, 2.75) is 39.5 Å². The highest BCUT2D eigenvalue weighted by molar-refractivity contribution is 5.90. The van der Waals surface area contributed by atoms with Gasteiger partial charge in [0.2, 0.25) is 0 Å². The monoisotopic (exact) mass is 328 g/mol. The summed E-state index contributed by atoms with van der Waals surface area (Å²) in [5, 5.41) is 18.6. The highest BCUT2D eigenvalue weighted by atomic mass is 16.4.